The first-order valence-electron chi connectivity index (χ1n) is 13.0. The van der Waals surface area contributed by atoms with Gasteiger partial charge in [-0.05, 0) is 65.6 Å². The molecule has 3 aromatic carbocycles. The molecule has 0 saturated carbocycles. The molecule has 0 unspecified atom stereocenters. The SMILES string of the molecule is O=C(O)CCCn1cc(CC(=O)O)c2c(C=Cc3ccc(OCC=CCOc4cccc(F)c4F)cc3)cccc21. The minimum Gasteiger partial charge on any atom is -0.490 e. The molecule has 0 amide bonds. The van der Waals surface area contributed by atoms with Crippen molar-refractivity contribution >= 4 is 35.0 Å². The molecular formula is C32H29F2NO6. The molecule has 4 aromatic rings. The predicted molar refractivity (Wildman–Crippen MR) is 152 cm³/mol. The fourth-order valence-electron chi connectivity index (χ4n) is 4.37. The molecule has 0 bridgehead atoms. The predicted octanol–water partition coefficient (Wildman–Crippen LogP) is 6.60. The van der Waals surface area contributed by atoms with Gasteiger partial charge in [-0.2, -0.15) is 4.39 Å². The maximum Gasteiger partial charge on any atom is 0.307 e. The molecule has 0 spiro atoms. The highest BCUT2D eigenvalue weighted by atomic mass is 19.2. The third-order valence-corrected chi connectivity index (χ3v) is 6.25. The number of carboxylic acids is 2. The minimum atomic E-state index is -1.02. The summed E-state index contributed by atoms with van der Waals surface area (Å²) < 4.78 is 39.6. The number of rotatable bonds is 14. The summed E-state index contributed by atoms with van der Waals surface area (Å²) in [5, 5.41) is 19.2. The maximum absolute atomic E-state index is 13.6. The Morgan fingerprint density at radius 1 is 0.854 bits per heavy atom. The highest BCUT2D eigenvalue weighted by Gasteiger charge is 2.14. The van der Waals surface area contributed by atoms with E-state index in [0.717, 1.165) is 28.1 Å². The fourth-order valence-corrected chi connectivity index (χ4v) is 4.37. The number of hydrogen-bond acceptors (Lipinski definition) is 4. The monoisotopic (exact) mass is 561 g/mol. The van der Waals surface area contributed by atoms with Gasteiger partial charge in [0.1, 0.15) is 19.0 Å². The van der Waals surface area contributed by atoms with E-state index in [1.54, 1.807) is 18.3 Å². The van der Waals surface area contributed by atoms with Gasteiger partial charge in [0.25, 0.3) is 0 Å². The van der Waals surface area contributed by atoms with Crippen LogP contribution in [0.1, 0.15) is 29.5 Å². The van der Waals surface area contributed by atoms with Crippen LogP contribution in [0.15, 0.2) is 79.0 Å². The zero-order valence-electron chi connectivity index (χ0n) is 22.1. The molecule has 0 radical (unpaired) electrons. The number of carbonyl (C=O) groups is 2. The van der Waals surface area contributed by atoms with Crippen molar-refractivity contribution < 1.29 is 38.1 Å². The third-order valence-electron chi connectivity index (χ3n) is 6.25. The quantitative estimate of drug-likeness (QED) is 0.133. The first kappa shape index (κ1) is 29.1. The second kappa shape index (κ2) is 13.9. The average Bonchev–Trinajstić information content (AvgIpc) is 3.29. The zero-order chi connectivity index (χ0) is 29.2. The van der Waals surface area contributed by atoms with E-state index in [0.29, 0.717) is 24.3 Å². The number of nitrogens with zero attached hydrogens (tertiary/aromatic N) is 1. The van der Waals surface area contributed by atoms with Crippen LogP contribution in [-0.2, 0) is 22.6 Å². The van der Waals surface area contributed by atoms with Crippen LogP contribution < -0.4 is 9.47 Å². The number of hydrogen-bond donors (Lipinski definition) is 2. The van der Waals surface area contributed by atoms with Crippen molar-refractivity contribution in [1.82, 2.24) is 4.57 Å². The van der Waals surface area contributed by atoms with Gasteiger partial charge in [0.05, 0.1) is 6.42 Å². The Morgan fingerprint density at radius 2 is 1.59 bits per heavy atom. The first-order chi connectivity index (χ1) is 19.8. The van der Waals surface area contributed by atoms with Crippen LogP contribution in [0.5, 0.6) is 11.5 Å². The molecule has 1 aromatic heterocycles. The lowest BCUT2D eigenvalue weighted by molar-refractivity contribution is -0.137. The molecular weight excluding hydrogens is 532 g/mol. The van der Waals surface area contributed by atoms with E-state index in [2.05, 4.69) is 0 Å². The van der Waals surface area contributed by atoms with Crippen LogP contribution >= 0.6 is 0 Å². The Labute approximate surface area is 235 Å². The Kier molecular flexibility index (Phi) is 9.88. The van der Waals surface area contributed by atoms with Crippen molar-refractivity contribution in [2.24, 2.45) is 0 Å². The van der Waals surface area contributed by atoms with Crippen molar-refractivity contribution in [3.05, 3.63) is 107 Å². The van der Waals surface area contributed by atoms with Gasteiger partial charge in [-0.1, -0.05) is 42.5 Å². The van der Waals surface area contributed by atoms with E-state index in [1.165, 1.54) is 12.1 Å². The van der Waals surface area contributed by atoms with E-state index in [4.69, 9.17) is 14.6 Å². The summed E-state index contributed by atoms with van der Waals surface area (Å²) in [5.41, 5.74) is 3.31. The minimum absolute atomic E-state index is 0.0374. The molecule has 4 rings (SSSR count). The molecule has 9 heteroatoms. The van der Waals surface area contributed by atoms with Crippen LogP contribution in [0.4, 0.5) is 8.78 Å². The van der Waals surface area contributed by atoms with Crippen LogP contribution in [-0.4, -0.2) is 39.9 Å². The molecule has 2 N–H and O–H groups in total. The summed E-state index contributed by atoms with van der Waals surface area (Å²) in [5.74, 6) is -3.29. The number of aromatic nitrogens is 1. The van der Waals surface area contributed by atoms with Gasteiger partial charge in [-0.25, -0.2) is 4.39 Å². The Bertz CT molecular complexity index is 1570. The lowest BCUT2D eigenvalue weighted by atomic mass is 10.0. The molecule has 0 aliphatic carbocycles. The van der Waals surface area contributed by atoms with Crippen molar-refractivity contribution in [2.75, 3.05) is 13.2 Å². The number of ether oxygens (including phenoxy) is 2. The van der Waals surface area contributed by atoms with Crippen LogP contribution in [0.3, 0.4) is 0 Å². The summed E-state index contributed by atoms with van der Waals surface area (Å²) in [4.78, 5) is 22.4. The van der Waals surface area contributed by atoms with Gasteiger partial charge in [0, 0.05) is 30.1 Å². The smallest absolute Gasteiger partial charge is 0.307 e. The normalized spacial score (nSPS) is 11.5. The summed E-state index contributed by atoms with van der Waals surface area (Å²) in [6, 6.07) is 16.9. The Morgan fingerprint density at radius 3 is 2.32 bits per heavy atom. The van der Waals surface area contributed by atoms with Gasteiger partial charge in [0.2, 0.25) is 5.82 Å². The van der Waals surface area contributed by atoms with Gasteiger partial charge in [-0.3, -0.25) is 9.59 Å². The summed E-state index contributed by atoms with van der Waals surface area (Å²) in [6.45, 7) is 0.812. The summed E-state index contributed by atoms with van der Waals surface area (Å²) in [6.07, 6.45) is 9.36. The number of fused-ring (bicyclic) bond motifs is 1. The van der Waals surface area contributed by atoms with Gasteiger partial charge < -0.3 is 24.3 Å². The third kappa shape index (κ3) is 8.04. The Balaban J connectivity index is 1.37. The second-order valence-corrected chi connectivity index (χ2v) is 9.20. The molecule has 7 nitrogen and oxygen atoms in total. The molecule has 41 heavy (non-hydrogen) atoms. The van der Waals surface area contributed by atoms with Crippen molar-refractivity contribution in [3.8, 4) is 11.5 Å². The number of carboxylic acid groups (broad SMARTS) is 2. The number of aryl methyl sites for hydroxylation is 1. The highest BCUT2D eigenvalue weighted by molar-refractivity contribution is 5.96. The van der Waals surface area contributed by atoms with Crippen molar-refractivity contribution in [3.63, 3.8) is 0 Å². The molecule has 0 aliphatic rings. The number of halogens is 2. The van der Waals surface area contributed by atoms with E-state index in [-0.39, 0.29) is 31.8 Å². The largest absolute Gasteiger partial charge is 0.490 e. The molecule has 0 saturated heterocycles. The van der Waals surface area contributed by atoms with Crippen LogP contribution in [0.2, 0.25) is 0 Å². The fraction of sp³-hybridized carbons (Fsp3) is 0.188. The molecule has 0 atom stereocenters. The zero-order valence-corrected chi connectivity index (χ0v) is 22.1. The van der Waals surface area contributed by atoms with Gasteiger partial charge in [0.15, 0.2) is 11.6 Å². The van der Waals surface area contributed by atoms with E-state index in [9.17, 15) is 23.5 Å². The van der Waals surface area contributed by atoms with Gasteiger partial charge >= 0.3 is 11.9 Å². The first-order valence-corrected chi connectivity index (χ1v) is 13.0. The molecule has 212 valence electrons. The molecule has 0 aliphatic heterocycles. The number of benzene rings is 3. The second-order valence-electron chi connectivity index (χ2n) is 9.20. The Hall–Kier alpha value is -4.92. The van der Waals surface area contributed by atoms with E-state index >= 15 is 0 Å². The lowest BCUT2D eigenvalue weighted by Crippen LogP contribution is -2.01. The van der Waals surface area contributed by atoms with Crippen LogP contribution in [0, 0.1) is 11.6 Å². The van der Waals surface area contributed by atoms with E-state index < -0.39 is 23.6 Å². The van der Waals surface area contributed by atoms with Crippen molar-refractivity contribution in [2.45, 2.75) is 25.8 Å². The summed E-state index contributed by atoms with van der Waals surface area (Å²) >= 11 is 0. The van der Waals surface area contributed by atoms with Gasteiger partial charge in [-0.15, -0.1) is 0 Å². The van der Waals surface area contributed by atoms with Crippen molar-refractivity contribution in [1.29, 1.82) is 0 Å². The lowest BCUT2D eigenvalue weighted by Gasteiger charge is -2.06. The molecule has 0 fully saturated rings. The maximum atomic E-state index is 13.6. The summed E-state index contributed by atoms with van der Waals surface area (Å²) in [7, 11) is 0. The van der Waals surface area contributed by atoms with E-state index in [1.807, 2.05) is 59.2 Å². The average molecular weight is 562 g/mol. The topological polar surface area (TPSA) is 98.0 Å². The number of aliphatic carboxylic acids is 2. The standard InChI is InChI=1S/C32H29F2NO6/c33-26-7-4-9-28(32(26)34)41-19-2-1-18-40-25-15-12-22(13-16-25)11-14-23-6-3-8-27-31(23)24(20-30(38)39)21-35(27)17-5-10-29(36)37/h1-4,6-9,11-16,21H,5,10,17-20H2,(H,36,37)(H,38,39). The van der Waals surface area contributed by atoms with Crippen LogP contribution in [0.25, 0.3) is 23.1 Å². The highest BCUT2D eigenvalue weighted by Crippen LogP contribution is 2.28. The molecule has 1 heterocycles.